The van der Waals surface area contributed by atoms with Crippen LogP contribution in [-0.4, -0.2) is 40.4 Å². The van der Waals surface area contributed by atoms with Gasteiger partial charge in [0.05, 0.1) is 12.0 Å². The smallest absolute Gasteiger partial charge is 0.231 e. The van der Waals surface area contributed by atoms with Crippen LogP contribution in [0, 0.1) is 17.2 Å². The van der Waals surface area contributed by atoms with Crippen molar-refractivity contribution in [2.75, 3.05) is 24.7 Å². The molecule has 1 saturated carbocycles. The number of carbonyl (C=O) groups is 1. The molecule has 1 amide bonds. The van der Waals surface area contributed by atoms with Crippen molar-refractivity contribution in [1.29, 1.82) is 5.26 Å². The zero-order valence-corrected chi connectivity index (χ0v) is 23.1. The summed E-state index contributed by atoms with van der Waals surface area (Å²) in [5.41, 5.74) is 2.62. The Hall–Kier alpha value is -2.05. The normalized spacial score (nSPS) is 19.1. The molecule has 0 bridgehead atoms. The van der Waals surface area contributed by atoms with E-state index in [-0.39, 0.29) is 17.9 Å². The van der Waals surface area contributed by atoms with E-state index >= 15 is 0 Å². The number of hydrogen-bond acceptors (Lipinski definition) is 5. The second kappa shape index (κ2) is 10.1. The summed E-state index contributed by atoms with van der Waals surface area (Å²) in [5.74, 6) is 0.670. The highest BCUT2D eigenvalue weighted by Gasteiger charge is 2.38. The number of amides is 1. The van der Waals surface area contributed by atoms with Crippen LogP contribution >= 0.6 is 11.3 Å². The monoisotopic (exact) mass is 514 g/mol. The number of rotatable bonds is 6. The van der Waals surface area contributed by atoms with E-state index in [1.807, 2.05) is 0 Å². The Labute approximate surface area is 214 Å². The van der Waals surface area contributed by atoms with Crippen molar-refractivity contribution in [2.45, 2.75) is 75.8 Å². The number of anilines is 1. The third-order valence-corrected chi connectivity index (χ3v) is 10.3. The van der Waals surface area contributed by atoms with Crippen molar-refractivity contribution >= 4 is 32.4 Å². The van der Waals surface area contributed by atoms with Gasteiger partial charge in [-0.15, -0.1) is 11.3 Å². The van der Waals surface area contributed by atoms with Crippen LogP contribution in [0.3, 0.4) is 0 Å². The summed E-state index contributed by atoms with van der Waals surface area (Å²) in [6, 6.07) is 9.50. The largest absolute Gasteiger partial charge is 0.306 e. The van der Waals surface area contributed by atoms with Gasteiger partial charge in [-0.1, -0.05) is 31.4 Å². The summed E-state index contributed by atoms with van der Waals surface area (Å²) in [6.45, 7) is 6.47. The standard InChI is InChI=1S/C27H38N4O2S2/c1-27(2)15-24-23(18-31(27)17-20-8-6-5-7-9-20)22(16-28)26(34-24)30(3)25(32)14-19-10-12-21(13-11-19)35(4,29)33/h10-13,20,35H,5-9,14-15,17-18H2,1-4H3,(H2,29,33). The molecular weight excluding hydrogens is 476 g/mol. The van der Waals surface area contributed by atoms with Crippen LogP contribution in [0.2, 0.25) is 0 Å². The number of carbonyl (C=O) groups excluding carboxylic acids is 1. The van der Waals surface area contributed by atoms with Crippen LogP contribution < -0.4 is 10.0 Å². The Morgan fingerprint density at radius 2 is 1.91 bits per heavy atom. The first kappa shape index (κ1) is 26.0. The maximum Gasteiger partial charge on any atom is 0.231 e. The number of thiol groups is 1. The molecule has 2 aliphatic rings. The molecule has 1 aromatic carbocycles. The van der Waals surface area contributed by atoms with E-state index in [4.69, 9.17) is 5.14 Å². The number of fused-ring (bicyclic) bond motifs is 1. The van der Waals surface area contributed by atoms with Crippen LogP contribution in [0.1, 0.15) is 67.5 Å². The zero-order chi connectivity index (χ0) is 25.4. The average molecular weight is 515 g/mol. The lowest BCUT2D eigenvalue weighted by atomic mass is 9.84. The minimum atomic E-state index is -2.82. The molecule has 1 aliphatic carbocycles. The van der Waals surface area contributed by atoms with Gasteiger partial charge in [0.15, 0.2) is 0 Å². The van der Waals surface area contributed by atoms with Crippen molar-refractivity contribution in [1.82, 2.24) is 4.90 Å². The topological polar surface area (TPSA) is 90.4 Å². The minimum absolute atomic E-state index is 0.0331. The van der Waals surface area contributed by atoms with Gasteiger partial charge in [-0.25, -0.2) is 0 Å². The fourth-order valence-corrected chi connectivity index (χ4v) is 7.58. The van der Waals surface area contributed by atoms with Crippen molar-refractivity contribution in [3.63, 3.8) is 0 Å². The van der Waals surface area contributed by atoms with Gasteiger partial charge in [0, 0.05) is 53.7 Å². The van der Waals surface area contributed by atoms with Gasteiger partial charge in [0.1, 0.15) is 11.1 Å². The molecule has 2 heterocycles. The lowest BCUT2D eigenvalue weighted by Crippen LogP contribution is -2.50. The highest BCUT2D eigenvalue weighted by Crippen LogP contribution is 2.43. The maximum absolute atomic E-state index is 13.2. The summed E-state index contributed by atoms with van der Waals surface area (Å²) >= 11 is 1.59. The fraction of sp³-hybridized carbons (Fsp3) is 0.556. The molecule has 1 aliphatic heterocycles. The van der Waals surface area contributed by atoms with Crippen LogP contribution in [-0.2, 0) is 34.3 Å². The van der Waals surface area contributed by atoms with Crippen LogP contribution in [0.4, 0.5) is 5.00 Å². The summed E-state index contributed by atoms with van der Waals surface area (Å²) in [7, 11) is -1.05. The lowest BCUT2D eigenvalue weighted by Gasteiger charge is -2.44. The average Bonchev–Trinajstić information content (AvgIpc) is 3.15. The molecule has 2 aromatic rings. The van der Waals surface area contributed by atoms with Gasteiger partial charge in [0.2, 0.25) is 5.91 Å². The van der Waals surface area contributed by atoms with Gasteiger partial charge in [-0.2, -0.15) is 5.26 Å². The maximum atomic E-state index is 13.2. The lowest BCUT2D eigenvalue weighted by molar-refractivity contribution is -0.117. The first-order valence-electron chi connectivity index (χ1n) is 12.5. The molecule has 0 radical (unpaired) electrons. The first-order valence-corrected chi connectivity index (χ1v) is 15.6. The van der Waals surface area contributed by atoms with E-state index < -0.39 is 10.1 Å². The number of likely N-dealkylation sites (N-methyl/N-ethyl adjacent to an activating group) is 1. The molecule has 1 fully saturated rings. The second-order valence-electron chi connectivity index (χ2n) is 11.0. The van der Waals surface area contributed by atoms with Gasteiger partial charge in [-0.3, -0.25) is 19.0 Å². The molecule has 0 spiro atoms. The number of thiophene rings is 1. The van der Waals surface area contributed by atoms with Crippen LogP contribution in [0.5, 0.6) is 0 Å². The van der Waals surface area contributed by atoms with Crippen molar-refractivity contribution < 1.29 is 9.00 Å². The molecule has 0 unspecified atom stereocenters. The van der Waals surface area contributed by atoms with E-state index in [1.54, 1.807) is 47.5 Å². The van der Waals surface area contributed by atoms with Crippen LogP contribution in [0.15, 0.2) is 29.2 Å². The molecule has 6 nitrogen and oxygen atoms in total. The third kappa shape index (κ3) is 5.69. The Balaban J connectivity index is 1.53. The van der Waals surface area contributed by atoms with Gasteiger partial charge in [0.25, 0.3) is 0 Å². The SMILES string of the molecule is CN(C(=O)Cc1ccc([SH](C)(N)=O)cc1)c1sc2c(c1C#N)CN(CC1CCCCC1)C(C)(C)C2. The second-order valence-corrected chi connectivity index (χ2v) is 14.5. The Kier molecular flexibility index (Phi) is 7.54. The van der Waals surface area contributed by atoms with Crippen molar-refractivity contribution in [3.05, 3.63) is 45.8 Å². The first-order chi connectivity index (χ1) is 16.5. The Morgan fingerprint density at radius 1 is 1.26 bits per heavy atom. The van der Waals surface area contributed by atoms with Gasteiger partial charge >= 0.3 is 0 Å². The third-order valence-electron chi connectivity index (χ3n) is 7.67. The summed E-state index contributed by atoms with van der Waals surface area (Å²) in [5, 5.41) is 16.6. The summed E-state index contributed by atoms with van der Waals surface area (Å²) in [4.78, 5) is 19.2. The fourth-order valence-electron chi connectivity index (χ4n) is 5.38. The minimum Gasteiger partial charge on any atom is -0.306 e. The molecule has 2 N–H and O–H groups in total. The van der Waals surface area contributed by atoms with E-state index in [0.717, 1.165) is 41.6 Å². The number of nitriles is 1. The van der Waals surface area contributed by atoms with E-state index in [2.05, 4.69) is 24.8 Å². The zero-order valence-electron chi connectivity index (χ0n) is 21.3. The number of benzene rings is 1. The molecule has 1 aromatic heterocycles. The molecule has 4 rings (SSSR count). The molecule has 0 atom stereocenters. The highest BCUT2D eigenvalue weighted by molar-refractivity contribution is 8.00. The quantitative estimate of drug-likeness (QED) is 0.559. The van der Waals surface area contributed by atoms with Crippen molar-refractivity contribution in [3.8, 4) is 6.07 Å². The predicted octanol–water partition coefficient (Wildman–Crippen LogP) is 4.42. The molecule has 190 valence electrons. The molecular formula is C27H38N4O2S2. The summed E-state index contributed by atoms with van der Waals surface area (Å²) in [6.07, 6.45) is 9.26. The van der Waals surface area contributed by atoms with E-state index in [1.165, 1.54) is 43.2 Å². The molecule has 35 heavy (non-hydrogen) atoms. The van der Waals surface area contributed by atoms with Gasteiger partial charge < -0.3 is 4.90 Å². The molecule has 0 saturated heterocycles. The predicted molar refractivity (Wildman–Crippen MR) is 145 cm³/mol. The molecule has 8 heteroatoms. The van der Waals surface area contributed by atoms with E-state index in [0.29, 0.717) is 10.5 Å². The number of hydrogen-bond donors (Lipinski definition) is 2. The number of nitrogens with two attached hydrogens (primary N) is 1. The highest BCUT2D eigenvalue weighted by atomic mass is 32.3. The van der Waals surface area contributed by atoms with Crippen molar-refractivity contribution in [2.24, 2.45) is 11.1 Å². The van der Waals surface area contributed by atoms with Crippen LogP contribution in [0.25, 0.3) is 0 Å². The van der Waals surface area contributed by atoms with E-state index in [9.17, 15) is 14.3 Å². The Morgan fingerprint density at radius 3 is 2.51 bits per heavy atom. The van der Waals surface area contributed by atoms with Gasteiger partial charge in [-0.05, 0) is 60.4 Å². The number of nitrogens with zero attached hydrogens (tertiary/aromatic N) is 3. The Bertz CT molecular complexity index is 1170. The summed E-state index contributed by atoms with van der Waals surface area (Å²) < 4.78 is 12.1.